The van der Waals surface area contributed by atoms with Crippen LogP contribution in [0.15, 0.2) is 46.9 Å². The number of carbonyl (C=O) groups excluding carboxylic acids is 1. The summed E-state index contributed by atoms with van der Waals surface area (Å²) in [5, 5.41) is 2.12. The van der Waals surface area contributed by atoms with Crippen LogP contribution in [0.4, 0.5) is 5.13 Å². The monoisotopic (exact) mass is 529 g/mol. The Hall–Kier alpha value is -1.22. The van der Waals surface area contributed by atoms with Crippen LogP contribution >= 0.6 is 62.6 Å². The molecule has 2 aromatic heterocycles. The molecule has 2 heterocycles. The number of carbonyl (C=O) groups is 1. The van der Waals surface area contributed by atoms with Crippen LogP contribution in [0.1, 0.15) is 9.67 Å². The smallest absolute Gasteiger partial charge is 0.271 e. The molecular formula is C20H18BrCl2N3OS2. The number of halogens is 3. The second-order valence-corrected chi connectivity index (χ2v) is 9.96. The summed E-state index contributed by atoms with van der Waals surface area (Å²) < 4.78 is 3.04. The molecule has 0 spiro atoms. The second kappa shape index (κ2) is 9.29. The average molecular weight is 531 g/mol. The number of thiophene rings is 1. The summed E-state index contributed by atoms with van der Waals surface area (Å²) in [5.41, 5.74) is 0.883. The van der Waals surface area contributed by atoms with Crippen LogP contribution in [-0.2, 0) is 0 Å². The van der Waals surface area contributed by atoms with Crippen molar-refractivity contribution in [3.05, 3.63) is 56.8 Å². The van der Waals surface area contributed by atoms with Crippen molar-refractivity contribution in [2.45, 2.75) is 0 Å². The Morgan fingerprint density at radius 1 is 1.10 bits per heavy atom. The second-order valence-electron chi connectivity index (χ2n) is 6.61. The van der Waals surface area contributed by atoms with Crippen LogP contribution in [-0.4, -0.2) is 43.0 Å². The van der Waals surface area contributed by atoms with Gasteiger partial charge in [0, 0.05) is 27.6 Å². The number of hydrogen-bond donors (Lipinski definition) is 0. The molecule has 2 aromatic carbocycles. The molecule has 4 aromatic rings. The zero-order valence-electron chi connectivity index (χ0n) is 15.7. The number of nitrogens with zero attached hydrogens (tertiary/aromatic N) is 3. The van der Waals surface area contributed by atoms with Gasteiger partial charge in [0.05, 0.1) is 15.2 Å². The third-order valence-electron chi connectivity index (χ3n) is 4.32. The third-order valence-corrected chi connectivity index (χ3v) is 7.51. The molecule has 4 nitrogen and oxygen atoms in total. The predicted octanol–water partition coefficient (Wildman–Crippen LogP) is 6.56. The first-order chi connectivity index (χ1) is 13.4. The van der Waals surface area contributed by atoms with Gasteiger partial charge in [-0.2, -0.15) is 0 Å². The maximum absolute atomic E-state index is 13.5. The zero-order chi connectivity index (χ0) is 19.8. The molecule has 1 amide bonds. The highest BCUT2D eigenvalue weighted by Gasteiger charge is 2.26. The van der Waals surface area contributed by atoms with E-state index in [9.17, 15) is 4.79 Å². The van der Waals surface area contributed by atoms with Crippen molar-refractivity contribution >= 4 is 94.0 Å². The minimum atomic E-state index is -0.105. The van der Waals surface area contributed by atoms with E-state index in [0.29, 0.717) is 21.6 Å². The molecule has 0 radical (unpaired) electrons. The van der Waals surface area contributed by atoms with Gasteiger partial charge in [-0.25, -0.2) is 4.98 Å². The van der Waals surface area contributed by atoms with Crippen molar-refractivity contribution in [1.82, 2.24) is 9.88 Å². The van der Waals surface area contributed by atoms with Crippen molar-refractivity contribution in [1.29, 1.82) is 0 Å². The number of rotatable bonds is 5. The molecule has 0 fully saturated rings. The number of fused-ring (bicyclic) bond motifs is 2. The summed E-state index contributed by atoms with van der Waals surface area (Å²) in [6, 6.07) is 13.8. The summed E-state index contributed by atoms with van der Waals surface area (Å²) in [5.74, 6) is -0.105. The zero-order valence-corrected chi connectivity index (χ0v) is 20.5. The lowest BCUT2D eigenvalue weighted by Crippen LogP contribution is -2.36. The summed E-state index contributed by atoms with van der Waals surface area (Å²) >= 11 is 13.0. The summed E-state index contributed by atoms with van der Waals surface area (Å²) in [6.45, 7) is 1.27. The minimum Gasteiger partial charge on any atom is -0.308 e. The van der Waals surface area contributed by atoms with E-state index >= 15 is 0 Å². The molecule has 0 aliphatic rings. The molecule has 0 atom stereocenters. The fourth-order valence-corrected chi connectivity index (χ4v) is 5.86. The van der Waals surface area contributed by atoms with Gasteiger partial charge in [-0.15, -0.1) is 23.7 Å². The van der Waals surface area contributed by atoms with Crippen LogP contribution in [0.2, 0.25) is 5.02 Å². The summed E-state index contributed by atoms with van der Waals surface area (Å²) in [7, 11) is 3.98. The van der Waals surface area contributed by atoms with E-state index in [1.54, 1.807) is 4.90 Å². The Kier molecular flexibility index (Phi) is 7.19. The molecule has 0 saturated carbocycles. The van der Waals surface area contributed by atoms with Gasteiger partial charge < -0.3 is 4.90 Å². The van der Waals surface area contributed by atoms with Crippen LogP contribution in [0.5, 0.6) is 0 Å². The number of benzene rings is 2. The number of anilines is 1. The van der Waals surface area contributed by atoms with E-state index in [-0.39, 0.29) is 18.3 Å². The van der Waals surface area contributed by atoms with E-state index in [1.165, 1.54) is 22.7 Å². The number of likely N-dealkylation sites (N-methyl/N-ethyl adjacent to an activating group) is 1. The Labute approximate surface area is 196 Å². The maximum atomic E-state index is 13.5. The van der Waals surface area contributed by atoms with Crippen LogP contribution < -0.4 is 4.90 Å². The van der Waals surface area contributed by atoms with Gasteiger partial charge in [0.15, 0.2) is 5.13 Å². The predicted molar refractivity (Wildman–Crippen MR) is 132 cm³/mol. The first-order valence-corrected chi connectivity index (χ1v) is 11.4. The van der Waals surface area contributed by atoms with Crippen LogP contribution in [0.3, 0.4) is 0 Å². The number of hydrogen-bond acceptors (Lipinski definition) is 5. The van der Waals surface area contributed by atoms with Gasteiger partial charge in [-0.3, -0.25) is 9.69 Å². The lowest BCUT2D eigenvalue weighted by atomic mass is 10.2. The number of amides is 1. The Morgan fingerprint density at radius 2 is 1.86 bits per heavy atom. The highest BCUT2D eigenvalue weighted by molar-refractivity contribution is 9.10. The SMILES string of the molecule is CN(C)CCN(C(=O)c1sc2ccccc2c1Cl)c1nc2ccc(Br)cc2s1.Cl. The Morgan fingerprint density at radius 3 is 2.59 bits per heavy atom. The Bertz CT molecular complexity index is 1180. The average Bonchev–Trinajstić information content (AvgIpc) is 3.22. The molecule has 9 heteroatoms. The largest absolute Gasteiger partial charge is 0.308 e. The quantitative estimate of drug-likeness (QED) is 0.293. The summed E-state index contributed by atoms with van der Waals surface area (Å²) in [4.78, 5) is 22.5. The molecule has 0 saturated heterocycles. The fourth-order valence-electron chi connectivity index (χ4n) is 2.86. The fraction of sp³-hybridized carbons (Fsp3) is 0.200. The first-order valence-electron chi connectivity index (χ1n) is 8.64. The molecule has 0 unspecified atom stereocenters. The van der Waals surface area contributed by atoms with E-state index < -0.39 is 0 Å². The van der Waals surface area contributed by atoms with Gasteiger partial charge in [-0.1, -0.05) is 57.1 Å². The Balaban J connectivity index is 0.00000240. The molecule has 152 valence electrons. The van der Waals surface area contributed by atoms with E-state index in [4.69, 9.17) is 16.6 Å². The topological polar surface area (TPSA) is 36.4 Å². The number of thiazole rings is 1. The molecule has 29 heavy (non-hydrogen) atoms. The molecule has 0 bridgehead atoms. The standard InChI is InChI=1S/C20H17BrClN3OS2.ClH/c1-24(2)9-10-25(20-23-14-8-7-12(21)11-16(14)28-20)19(26)18-17(22)13-5-3-4-6-15(13)27-18;/h3-8,11H,9-10H2,1-2H3;1H. The lowest BCUT2D eigenvalue weighted by Gasteiger charge is -2.21. The van der Waals surface area contributed by atoms with Crippen LogP contribution in [0.25, 0.3) is 20.3 Å². The minimum absolute atomic E-state index is 0. The first kappa shape index (κ1) is 22.5. The normalized spacial score (nSPS) is 11.2. The maximum Gasteiger partial charge on any atom is 0.271 e. The molecular weight excluding hydrogens is 513 g/mol. The molecule has 0 aliphatic carbocycles. The third kappa shape index (κ3) is 4.60. The lowest BCUT2D eigenvalue weighted by molar-refractivity contribution is 0.0989. The molecule has 0 aliphatic heterocycles. The number of aromatic nitrogens is 1. The highest BCUT2D eigenvalue weighted by Crippen LogP contribution is 2.38. The summed E-state index contributed by atoms with van der Waals surface area (Å²) in [6.07, 6.45) is 0. The van der Waals surface area contributed by atoms with E-state index in [1.807, 2.05) is 56.6 Å². The molecule has 4 rings (SSSR count). The van der Waals surface area contributed by atoms with Gasteiger partial charge in [0.2, 0.25) is 0 Å². The van der Waals surface area contributed by atoms with Crippen molar-refractivity contribution in [2.75, 3.05) is 32.1 Å². The van der Waals surface area contributed by atoms with Gasteiger partial charge in [0.1, 0.15) is 4.88 Å². The van der Waals surface area contributed by atoms with E-state index in [0.717, 1.165) is 31.3 Å². The van der Waals surface area contributed by atoms with Gasteiger partial charge in [-0.05, 0) is 38.4 Å². The van der Waals surface area contributed by atoms with Crippen molar-refractivity contribution < 1.29 is 4.79 Å². The van der Waals surface area contributed by atoms with Gasteiger partial charge in [0.25, 0.3) is 5.91 Å². The van der Waals surface area contributed by atoms with Crippen LogP contribution in [0, 0.1) is 0 Å². The van der Waals surface area contributed by atoms with E-state index in [2.05, 4.69) is 20.8 Å². The van der Waals surface area contributed by atoms with Gasteiger partial charge >= 0.3 is 0 Å². The van der Waals surface area contributed by atoms with Crippen molar-refractivity contribution in [2.24, 2.45) is 0 Å². The molecule has 0 N–H and O–H groups in total. The van der Waals surface area contributed by atoms with Crippen molar-refractivity contribution in [3.8, 4) is 0 Å². The van der Waals surface area contributed by atoms with Crippen molar-refractivity contribution in [3.63, 3.8) is 0 Å². The highest BCUT2D eigenvalue weighted by atomic mass is 79.9.